The number of carbonyl (C=O) groups is 2. The number of benzene rings is 2. The van der Waals surface area contributed by atoms with Gasteiger partial charge in [-0.05, 0) is 40.2 Å². The molecule has 0 bridgehead atoms. The van der Waals surface area contributed by atoms with Crippen LogP contribution in [0.15, 0.2) is 40.9 Å². The molecule has 0 saturated heterocycles. The first-order valence-corrected chi connectivity index (χ1v) is 7.63. The standard InChI is InChI=1S/C15H8BrCl2NO2/c16-10-4-1-3-8-13(10)19(15(21)14(8)20)7-9-11(17)5-2-6-12(9)18/h1-6H,7H2. The molecule has 3 nitrogen and oxygen atoms in total. The number of nitrogens with zero attached hydrogens (tertiary/aromatic N) is 1. The van der Waals surface area contributed by atoms with Gasteiger partial charge in [0, 0.05) is 20.1 Å². The molecule has 1 aliphatic heterocycles. The van der Waals surface area contributed by atoms with Gasteiger partial charge in [-0.3, -0.25) is 14.5 Å². The van der Waals surface area contributed by atoms with Crippen LogP contribution in [-0.2, 0) is 11.3 Å². The second-order valence-corrected chi connectivity index (χ2v) is 6.23. The molecule has 0 atom stereocenters. The molecule has 0 fully saturated rings. The molecule has 2 aromatic rings. The minimum Gasteiger partial charge on any atom is -0.299 e. The van der Waals surface area contributed by atoms with Gasteiger partial charge < -0.3 is 0 Å². The Bertz CT molecular complexity index is 756. The molecule has 0 unspecified atom stereocenters. The number of rotatable bonds is 2. The van der Waals surface area contributed by atoms with E-state index in [1.807, 2.05) is 0 Å². The highest BCUT2D eigenvalue weighted by molar-refractivity contribution is 9.10. The largest absolute Gasteiger partial charge is 0.299 e. The van der Waals surface area contributed by atoms with E-state index in [4.69, 9.17) is 23.2 Å². The summed E-state index contributed by atoms with van der Waals surface area (Å²) >= 11 is 15.7. The van der Waals surface area contributed by atoms with E-state index >= 15 is 0 Å². The van der Waals surface area contributed by atoms with Crippen molar-refractivity contribution in [3.63, 3.8) is 0 Å². The summed E-state index contributed by atoms with van der Waals surface area (Å²) in [5.74, 6) is -1.10. The number of para-hydroxylation sites is 1. The van der Waals surface area contributed by atoms with Crippen LogP contribution in [0.25, 0.3) is 0 Å². The third-order valence-corrected chi connectivity index (χ3v) is 4.67. The summed E-state index contributed by atoms with van der Waals surface area (Å²) in [6.07, 6.45) is 0. The van der Waals surface area contributed by atoms with Gasteiger partial charge in [0.2, 0.25) is 0 Å². The van der Waals surface area contributed by atoms with Gasteiger partial charge in [0.05, 0.1) is 17.8 Å². The van der Waals surface area contributed by atoms with Crippen LogP contribution in [0.1, 0.15) is 15.9 Å². The fraction of sp³-hybridized carbons (Fsp3) is 0.0667. The van der Waals surface area contributed by atoms with E-state index in [1.54, 1.807) is 36.4 Å². The van der Waals surface area contributed by atoms with E-state index in [1.165, 1.54) is 4.90 Å². The lowest BCUT2D eigenvalue weighted by Crippen LogP contribution is -2.29. The van der Waals surface area contributed by atoms with Crippen LogP contribution < -0.4 is 4.90 Å². The average Bonchev–Trinajstić information content (AvgIpc) is 2.69. The van der Waals surface area contributed by atoms with E-state index in [2.05, 4.69) is 15.9 Å². The number of ketones is 1. The molecule has 0 aliphatic carbocycles. The molecular formula is C15H8BrCl2NO2. The summed E-state index contributed by atoms with van der Waals surface area (Å²) in [7, 11) is 0. The first-order valence-electron chi connectivity index (χ1n) is 6.08. The van der Waals surface area contributed by atoms with Crippen molar-refractivity contribution >= 4 is 56.5 Å². The zero-order valence-electron chi connectivity index (χ0n) is 10.6. The molecule has 0 saturated carbocycles. The lowest BCUT2D eigenvalue weighted by atomic mass is 10.1. The second-order valence-electron chi connectivity index (χ2n) is 4.56. The quantitative estimate of drug-likeness (QED) is 0.715. The molecule has 0 radical (unpaired) electrons. The second kappa shape index (κ2) is 5.44. The molecule has 106 valence electrons. The van der Waals surface area contributed by atoms with E-state index in [0.717, 1.165) is 0 Å². The number of amides is 1. The van der Waals surface area contributed by atoms with Gasteiger partial charge in [-0.1, -0.05) is 35.3 Å². The molecule has 1 heterocycles. The van der Waals surface area contributed by atoms with Crippen molar-refractivity contribution < 1.29 is 9.59 Å². The topological polar surface area (TPSA) is 37.4 Å². The van der Waals surface area contributed by atoms with Crippen LogP contribution in [0, 0.1) is 0 Å². The van der Waals surface area contributed by atoms with E-state index < -0.39 is 11.7 Å². The maximum absolute atomic E-state index is 12.2. The number of hydrogen-bond acceptors (Lipinski definition) is 2. The Morgan fingerprint density at radius 3 is 2.29 bits per heavy atom. The van der Waals surface area contributed by atoms with Crippen LogP contribution in [0.4, 0.5) is 5.69 Å². The smallest absolute Gasteiger partial charge is 0.299 e. The van der Waals surface area contributed by atoms with Gasteiger partial charge in [-0.15, -0.1) is 0 Å². The van der Waals surface area contributed by atoms with E-state index in [0.29, 0.717) is 31.3 Å². The minimum absolute atomic E-state index is 0.151. The highest BCUT2D eigenvalue weighted by Crippen LogP contribution is 2.38. The van der Waals surface area contributed by atoms with Gasteiger partial charge >= 0.3 is 0 Å². The number of fused-ring (bicyclic) bond motifs is 1. The SMILES string of the molecule is O=C1C(=O)N(Cc2c(Cl)cccc2Cl)c2c(Br)cccc21. The fourth-order valence-electron chi connectivity index (χ4n) is 2.30. The average molecular weight is 385 g/mol. The monoisotopic (exact) mass is 383 g/mol. The first-order chi connectivity index (χ1) is 10.0. The Balaban J connectivity index is 2.09. The zero-order valence-corrected chi connectivity index (χ0v) is 13.7. The zero-order chi connectivity index (χ0) is 15.1. The molecule has 2 aromatic carbocycles. The molecule has 1 aliphatic rings. The molecule has 1 amide bonds. The summed E-state index contributed by atoms with van der Waals surface area (Å²) in [4.78, 5) is 25.6. The molecule has 21 heavy (non-hydrogen) atoms. The number of halogens is 3. The predicted octanol–water partition coefficient (Wildman–Crippen LogP) is 4.49. The van der Waals surface area contributed by atoms with Crippen molar-refractivity contribution in [2.45, 2.75) is 6.54 Å². The molecule has 3 rings (SSSR count). The predicted molar refractivity (Wildman–Crippen MR) is 86.1 cm³/mol. The number of hydrogen-bond donors (Lipinski definition) is 0. The van der Waals surface area contributed by atoms with Crippen LogP contribution in [0.3, 0.4) is 0 Å². The molecule has 0 aromatic heterocycles. The van der Waals surface area contributed by atoms with Crippen molar-refractivity contribution in [2.24, 2.45) is 0 Å². The summed E-state index contributed by atoms with van der Waals surface area (Å²) in [5.41, 5.74) is 1.56. The van der Waals surface area contributed by atoms with Gasteiger partial charge in [0.25, 0.3) is 11.7 Å². The van der Waals surface area contributed by atoms with Crippen LogP contribution in [-0.4, -0.2) is 11.7 Å². The van der Waals surface area contributed by atoms with Crippen molar-refractivity contribution in [2.75, 3.05) is 4.90 Å². The first kappa shape index (κ1) is 14.6. The molecule has 6 heteroatoms. The van der Waals surface area contributed by atoms with Crippen molar-refractivity contribution in [3.05, 3.63) is 62.0 Å². The number of carbonyl (C=O) groups excluding carboxylic acids is 2. The van der Waals surface area contributed by atoms with Crippen LogP contribution in [0.2, 0.25) is 10.0 Å². The van der Waals surface area contributed by atoms with E-state index in [-0.39, 0.29) is 6.54 Å². The maximum atomic E-state index is 12.2. The van der Waals surface area contributed by atoms with Crippen LogP contribution in [0.5, 0.6) is 0 Å². The number of Topliss-reactive ketones (excluding diaryl/α,β-unsaturated/α-hetero) is 1. The highest BCUT2D eigenvalue weighted by Gasteiger charge is 2.37. The lowest BCUT2D eigenvalue weighted by molar-refractivity contribution is -0.114. The van der Waals surface area contributed by atoms with Crippen molar-refractivity contribution in [1.29, 1.82) is 0 Å². The van der Waals surface area contributed by atoms with Gasteiger partial charge in [0.15, 0.2) is 0 Å². The summed E-state index contributed by atoms with van der Waals surface area (Å²) in [6, 6.07) is 10.3. The summed E-state index contributed by atoms with van der Waals surface area (Å²) in [5, 5.41) is 0.923. The molecule has 0 N–H and O–H groups in total. The summed E-state index contributed by atoms with van der Waals surface area (Å²) in [6.45, 7) is 0.151. The Hall–Kier alpha value is -1.36. The Kier molecular flexibility index (Phi) is 3.78. The normalized spacial score (nSPS) is 13.8. The third-order valence-electron chi connectivity index (χ3n) is 3.32. The van der Waals surface area contributed by atoms with Gasteiger partial charge in [-0.25, -0.2) is 0 Å². The summed E-state index contributed by atoms with van der Waals surface area (Å²) < 4.78 is 0.683. The van der Waals surface area contributed by atoms with Crippen LogP contribution >= 0.6 is 39.1 Å². The minimum atomic E-state index is -0.576. The third kappa shape index (κ3) is 2.37. The number of anilines is 1. The van der Waals surface area contributed by atoms with Gasteiger partial charge in [0.1, 0.15) is 0 Å². The fourth-order valence-corrected chi connectivity index (χ4v) is 3.40. The van der Waals surface area contributed by atoms with Crippen molar-refractivity contribution in [1.82, 2.24) is 0 Å². The highest BCUT2D eigenvalue weighted by atomic mass is 79.9. The Labute approximate surface area is 139 Å². The van der Waals surface area contributed by atoms with E-state index in [9.17, 15) is 9.59 Å². The molecule has 0 spiro atoms. The Morgan fingerprint density at radius 1 is 1.00 bits per heavy atom. The molecular weight excluding hydrogens is 377 g/mol. The Morgan fingerprint density at radius 2 is 1.62 bits per heavy atom. The van der Waals surface area contributed by atoms with Gasteiger partial charge in [-0.2, -0.15) is 0 Å². The lowest BCUT2D eigenvalue weighted by Gasteiger charge is -2.19. The van der Waals surface area contributed by atoms with Crippen molar-refractivity contribution in [3.8, 4) is 0 Å². The maximum Gasteiger partial charge on any atom is 0.299 e.